The van der Waals surface area contributed by atoms with Crippen LogP contribution >= 0.6 is 0 Å². The fourth-order valence-corrected chi connectivity index (χ4v) is 3.13. The maximum atomic E-state index is 12.1. The molecule has 2 aromatic rings. The Hall–Kier alpha value is -2.51. The van der Waals surface area contributed by atoms with Gasteiger partial charge in [-0.15, -0.1) is 0 Å². The fraction of sp³-hybridized carbons (Fsp3) is 0.389. The molecule has 1 fully saturated rings. The molecule has 2 atom stereocenters. The number of aromatic nitrogens is 1. The normalized spacial score (nSPS) is 22.7. The number of carbonyl (C=O) groups excluding carboxylic acids is 2. The average molecular weight is 341 g/mol. The number of carbonyl (C=O) groups is 2. The van der Waals surface area contributed by atoms with Gasteiger partial charge < -0.3 is 10.6 Å². The minimum absolute atomic E-state index is 0.0571. The van der Waals surface area contributed by atoms with Crippen LogP contribution in [0.5, 0.6) is 0 Å². The van der Waals surface area contributed by atoms with Crippen molar-refractivity contribution in [3.05, 3.63) is 36.5 Å². The molecule has 2 unspecified atom stereocenters. The Morgan fingerprint density at radius 1 is 1.08 bits per heavy atom. The lowest BCUT2D eigenvalue weighted by atomic mass is 9.93. The largest absolute Gasteiger partial charge is 0.347 e. The molecule has 3 rings (SSSR count). The number of pyridine rings is 1. The van der Waals surface area contributed by atoms with Crippen LogP contribution < -0.4 is 21.5 Å². The van der Waals surface area contributed by atoms with E-state index in [4.69, 9.17) is 0 Å². The monoisotopic (exact) mass is 341 g/mol. The van der Waals surface area contributed by atoms with Crippen LogP contribution in [-0.2, 0) is 9.59 Å². The number of fused-ring (bicyclic) bond motifs is 1. The molecule has 0 saturated carbocycles. The van der Waals surface area contributed by atoms with E-state index in [9.17, 15) is 9.59 Å². The van der Waals surface area contributed by atoms with E-state index in [2.05, 4.69) is 26.5 Å². The second-order valence-electron chi connectivity index (χ2n) is 6.44. The van der Waals surface area contributed by atoms with E-state index in [0.717, 1.165) is 10.9 Å². The molecule has 7 heteroatoms. The molecule has 2 amide bonds. The predicted molar refractivity (Wildman–Crippen MR) is 96.7 cm³/mol. The van der Waals surface area contributed by atoms with Crippen LogP contribution in [0.4, 0.5) is 5.69 Å². The van der Waals surface area contributed by atoms with Crippen LogP contribution in [0.3, 0.4) is 0 Å². The Balaban J connectivity index is 1.53. The molecule has 25 heavy (non-hydrogen) atoms. The Bertz CT molecular complexity index is 764. The van der Waals surface area contributed by atoms with Gasteiger partial charge in [0.2, 0.25) is 11.8 Å². The van der Waals surface area contributed by atoms with Gasteiger partial charge in [0.15, 0.2) is 0 Å². The van der Waals surface area contributed by atoms with E-state index < -0.39 is 0 Å². The SMILES string of the molecule is CC1NNC(C)C1CC(=O)NCC(=O)Nc1cccc2cccnc12. The zero-order valence-corrected chi connectivity index (χ0v) is 14.4. The van der Waals surface area contributed by atoms with Gasteiger partial charge in [-0.1, -0.05) is 18.2 Å². The molecule has 1 saturated heterocycles. The van der Waals surface area contributed by atoms with Crippen LogP contribution in [0, 0.1) is 5.92 Å². The minimum atomic E-state index is -0.268. The van der Waals surface area contributed by atoms with Gasteiger partial charge in [-0.3, -0.25) is 25.4 Å². The Morgan fingerprint density at radius 3 is 2.56 bits per heavy atom. The van der Waals surface area contributed by atoms with E-state index in [0.29, 0.717) is 12.1 Å². The van der Waals surface area contributed by atoms with Crippen LogP contribution in [-0.4, -0.2) is 35.4 Å². The van der Waals surface area contributed by atoms with Crippen LogP contribution in [0.1, 0.15) is 20.3 Å². The number of para-hydroxylation sites is 1. The quantitative estimate of drug-likeness (QED) is 0.655. The molecule has 1 aliphatic rings. The van der Waals surface area contributed by atoms with Crippen molar-refractivity contribution in [1.82, 2.24) is 21.2 Å². The number of anilines is 1. The molecular weight excluding hydrogens is 318 g/mol. The summed E-state index contributed by atoms with van der Waals surface area (Å²) in [7, 11) is 0. The summed E-state index contributed by atoms with van der Waals surface area (Å²) in [5.74, 6) is -0.194. The number of hydrogen-bond donors (Lipinski definition) is 4. The highest BCUT2D eigenvalue weighted by molar-refractivity contribution is 6.01. The van der Waals surface area contributed by atoms with E-state index in [1.54, 1.807) is 12.3 Å². The average Bonchev–Trinajstić information content (AvgIpc) is 2.92. The first-order valence-corrected chi connectivity index (χ1v) is 8.46. The number of nitrogens with zero attached hydrogens (tertiary/aromatic N) is 1. The zero-order chi connectivity index (χ0) is 17.8. The highest BCUT2D eigenvalue weighted by Crippen LogP contribution is 2.20. The van der Waals surface area contributed by atoms with E-state index in [1.807, 2.05) is 38.1 Å². The number of amides is 2. The van der Waals surface area contributed by atoms with Crippen molar-refractivity contribution < 1.29 is 9.59 Å². The molecule has 0 bridgehead atoms. The van der Waals surface area contributed by atoms with Gasteiger partial charge >= 0.3 is 0 Å². The highest BCUT2D eigenvalue weighted by Gasteiger charge is 2.31. The lowest BCUT2D eigenvalue weighted by Crippen LogP contribution is -2.36. The summed E-state index contributed by atoms with van der Waals surface area (Å²) in [6.07, 6.45) is 2.07. The van der Waals surface area contributed by atoms with Gasteiger partial charge in [0.25, 0.3) is 0 Å². The number of rotatable bonds is 5. The number of benzene rings is 1. The third-order valence-corrected chi connectivity index (χ3v) is 4.60. The molecule has 0 aliphatic carbocycles. The minimum Gasteiger partial charge on any atom is -0.347 e. The standard InChI is InChI=1S/C18H23N5O2/c1-11-14(12(2)23-22-11)9-16(24)20-10-17(25)21-15-7-3-5-13-6-4-8-19-18(13)15/h3-8,11-12,14,22-23H,9-10H2,1-2H3,(H,20,24)(H,21,25). The third kappa shape index (κ3) is 4.12. The Morgan fingerprint density at radius 2 is 1.80 bits per heavy atom. The van der Waals surface area contributed by atoms with Crippen molar-refractivity contribution in [2.75, 3.05) is 11.9 Å². The van der Waals surface area contributed by atoms with Crippen molar-refractivity contribution >= 4 is 28.4 Å². The molecule has 1 aliphatic heterocycles. The third-order valence-electron chi connectivity index (χ3n) is 4.60. The van der Waals surface area contributed by atoms with Gasteiger partial charge in [0.1, 0.15) is 0 Å². The molecule has 4 N–H and O–H groups in total. The van der Waals surface area contributed by atoms with Crippen molar-refractivity contribution in [3.8, 4) is 0 Å². The van der Waals surface area contributed by atoms with E-state index >= 15 is 0 Å². The number of hydrogen-bond acceptors (Lipinski definition) is 5. The lowest BCUT2D eigenvalue weighted by molar-refractivity contribution is -0.125. The fourth-order valence-electron chi connectivity index (χ4n) is 3.13. The van der Waals surface area contributed by atoms with Crippen molar-refractivity contribution in [2.45, 2.75) is 32.4 Å². The van der Waals surface area contributed by atoms with Gasteiger partial charge in [-0.2, -0.15) is 0 Å². The van der Waals surface area contributed by atoms with Gasteiger partial charge in [-0.25, -0.2) is 0 Å². The summed E-state index contributed by atoms with van der Waals surface area (Å²) in [4.78, 5) is 28.5. The molecule has 0 radical (unpaired) electrons. The maximum absolute atomic E-state index is 12.1. The molecule has 1 aromatic carbocycles. The van der Waals surface area contributed by atoms with E-state index in [-0.39, 0.29) is 36.4 Å². The summed E-state index contributed by atoms with van der Waals surface area (Å²) in [5.41, 5.74) is 7.62. The summed E-state index contributed by atoms with van der Waals surface area (Å²) in [5, 5.41) is 6.45. The Labute approximate surface area is 146 Å². The Kier molecular flexibility index (Phi) is 5.25. The van der Waals surface area contributed by atoms with Gasteiger partial charge in [0.05, 0.1) is 17.7 Å². The molecule has 0 spiro atoms. The summed E-state index contributed by atoms with van der Waals surface area (Å²) < 4.78 is 0. The molecule has 1 aromatic heterocycles. The maximum Gasteiger partial charge on any atom is 0.243 e. The van der Waals surface area contributed by atoms with Crippen molar-refractivity contribution in [3.63, 3.8) is 0 Å². The second kappa shape index (κ2) is 7.58. The van der Waals surface area contributed by atoms with Crippen molar-refractivity contribution in [2.24, 2.45) is 5.92 Å². The van der Waals surface area contributed by atoms with E-state index in [1.165, 1.54) is 0 Å². The smallest absolute Gasteiger partial charge is 0.243 e. The molecule has 2 heterocycles. The predicted octanol–water partition coefficient (Wildman–Crippen LogP) is 1.18. The van der Waals surface area contributed by atoms with Gasteiger partial charge in [0, 0.05) is 36.0 Å². The molecule has 132 valence electrons. The molecular formula is C18H23N5O2. The lowest BCUT2D eigenvalue weighted by Gasteiger charge is -2.17. The second-order valence-corrected chi connectivity index (χ2v) is 6.44. The highest BCUT2D eigenvalue weighted by atomic mass is 16.2. The number of hydrazine groups is 1. The first kappa shape index (κ1) is 17.3. The van der Waals surface area contributed by atoms with Gasteiger partial charge in [-0.05, 0) is 26.0 Å². The van der Waals surface area contributed by atoms with Crippen molar-refractivity contribution in [1.29, 1.82) is 0 Å². The number of nitrogens with one attached hydrogen (secondary N) is 4. The molecule has 7 nitrogen and oxygen atoms in total. The summed E-state index contributed by atoms with van der Waals surface area (Å²) in [6, 6.07) is 9.82. The zero-order valence-electron chi connectivity index (χ0n) is 14.4. The van der Waals surface area contributed by atoms with Crippen LogP contribution in [0.2, 0.25) is 0 Å². The first-order chi connectivity index (χ1) is 12.0. The summed E-state index contributed by atoms with van der Waals surface area (Å²) >= 11 is 0. The topological polar surface area (TPSA) is 95.1 Å². The van der Waals surface area contributed by atoms with Crippen LogP contribution in [0.15, 0.2) is 36.5 Å². The van der Waals surface area contributed by atoms with Crippen LogP contribution in [0.25, 0.3) is 10.9 Å². The summed E-state index contributed by atoms with van der Waals surface area (Å²) in [6.45, 7) is 4.02. The first-order valence-electron chi connectivity index (χ1n) is 8.46.